The summed E-state index contributed by atoms with van der Waals surface area (Å²) in [5.41, 5.74) is 8.42. The van der Waals surface area contributed by atoms with Gasteiger partial charge in [0.25, 0.3) is 0 Å². The summed E-state index contributed by atoms with van der Waals surface area (Å²) < 4.78 is 10.6. The molecule has 0 bridgehead atoms. The van der Waals surface area contributed by atoms with Crippen molar-refractivity contribution in [2.24, 2.45) is 10.7 Å². The van der Waals surface area contributed by atoms with Crippen LogP contribution in [0.25, 0.3) is 0 Å². The molecule has 2 aromatic rings. The molecule has 156 valence electrons. The van der Waals surface area contributed by atoms with Gasteiger partial charge in [-0.1, -0.05) is 19.9 Å². The Bertz CT molecular complexity index is 721. The molecule has 0 spiro atoms. The van der Waals surface area contributed by atoms with E-state index in [2.05, 4.69) is 45.9 Å². The predicted octanol–water partition coefficient (Wildman–Crippen LogP) is 3.87. The van der Waals surface area contributed by atoms with Crippen LogP contribution in [0.4, 0.5) is 0 Å². The van der Waals surface area contributed by atoms with Gasteiger partial charge in [-0.25, -0.2) is 4.99 Å². The van der Waals surface area contributed by atoms with Crippen molar-refractivity contribution in [3.8, 4) is 11.5 Å². The molecule has 6 nitrogen and oxygen atoms in total. The molecular weight excluding hydrogens is 487 g/mol. The highest BCUT2D eigenvalue weighted by atomic mass is 127. The van der Waals surface area contributed by atoms with Crippen molar-refractivity contribution in [3.05, 3.63) is 46.2 Å². The van der Waals surface area contributed by atoms with E-state index < -0.39 is 0 Å². The van der Waals surface area contributed by atoms with Crippen LogP contribution in [0.2, 0.25) is 0 Å². The summed E-state index contributed by atoms with van der Waals surface area (Å²) in [5, 5.41) is 7.58. The van der Waals surface area contributed by atoms with Crippen LogP contribution in [0.5, 0.6) is 11.5 Å². The van der Waals surface area contributed by atoms with Gasteiger partial charge < -0.3 is 20.5 Å². The zero-order chi connectivity index (χ0) is 19.6. The number of halogens is 1. The van der Waals surface area contributed by atoms with E-state index in [9.17, 15) is 0 Å². The fourth-order valence-electron chi connectivity index (χ4n) is 3.00. The number of ether oxygens (including phenoxy) is 2. The first-order valence-corrected chi connectivity index (χ1v) is 10.1. The average Bonchev–Trinajstić information content (AvgIpc) is 3.23. The number of nitrogens with zero attached hydrogens (tertiary/aromatic N) is 2. The molecule has 0 saturated heterocycles. The van der Waals surface area contributed by atoms with Gasteiger partial charge in [0.2, 0.25) is 0 Å². The van der Waals surface area contributed by atoms with E-state index in [1.54, 1.807) is 25.6 Å². The van der Waals surface area contributed by atoms with E-state index in [4.69, 9.17) is 15.2 Å². The summed E-state index contributed by atoms with van der Waals surface area (Å²) in [7, 11) is 3.25. The Morgan fingerprint density at radius 2 is 1.89 bits per heavy atom. The van der Waals surface area contributed by atoms with Gasteiger partial charge in [-0.2, -0.15) is 11.3 Å². The second-order valence-electron chi connectivity index (χ2n) is 6.07. The van der Waals surface area contributed by atoms with Crippen molar-refractivity contribution >= 4 is 41.3 Å². The second kappa shape index (κ2) is 12.8. The summed E-state index contributed by atoms with van der Waals surface area (Å²) >= 11 is 1.72. The minimum atomic E-state index is 0. The molecule has 8 heteroatoms. The van der Waals surface area contributed by atoms with E-state index in [-0.39, 0.29) is 30.0 Å². The number of benzene rings is 1. The van der Waals surface area contributed by atoms with Crippen LogP contribution in [0.15, 0.2) is 40.0 Å². The SMILES string of the molecule is CCN(CC)C(CNC(N)=NCc1ccc(OC)c(OC)c1)c1ccsc1.I. The average molecular weight is 518 g/mol. The topological polar surface area (TPSA) is 72.1 Å². The van der Waals surface area contributed by atoms with Crippen LogP contribution in [0.3, 0.4) is 0 Å². The van der Waals surface area contributed by atoms with Crippen LogP contribution >= 0.6 is 35.3 Å². The van der Waals surface area contributed by atoms with Gasteiger partial charge in [-0.3, -0.25) is 4.90 Å². The number of rotatable bonds is 10. The van der Waals surface area contributed by atoms with Gasteiger partial charge in [0.15, 0.2) is 17.5 Å². The highest BCUT2D eigenvalue weighted by Crippen LogP contribution is 2.27. The Morgan fingerprint density at radius 1 is 1.18 bits per heavy atom. The lowest BCUT2D eigenvalue weighted by atomic mass is 10.1. The van der Waals surface area contributed by atoms with Gasteiger partial charge in [0, 0.05) is 6.54 Å². The maximum absolute atomic E-state index is 6.10. The van der Waals surface area contributed by atoms with Crippen molar-refractivity contribution in [2.45, 2.75) is 26.4 Å². The Morgan fingerprint density at radius 3 is 2.46 bits per heavy atom. The van der Waals surface area contributed by atoms with Gasteiger partial charge in [-0.15, -0.1) is 24.0 Å². The molecule has 1 aromatic heterocycles. The molecule has 2 rings (SSSR count). The molecule has 0 aliphatic carbocycles. The first kappa shape index (κ1) is 24.5. The third kappa shape index (κ3) is 6.82. The van der Waals surface area contributed by atoms with Crippen LogP contribution in [-0.2, 0) is 6.54 Å². The minimum absolute atomic E-state index is 0. The second-order valence-corrected chi connectivity index (χ2v) is 6.85. The normalized spacial score (nSPS) is 12.4. The summed E-state index contributed by atoms with van der Waals surface area (Å²) in [6, 6.07) is 8.20. The molecule has 0 saturated carbocycles. The summed E-state index contributed by atoms with van der Waals surface area (Å²) in [6.07, 6.45) is 0. The van der Waals surface area contributed by atoms with Crippen molar-refractivity contribution in [3.63, 3.8) is 0 Å². The molecule has 1 aromatic carbocycles. The Labute approximate surface area is 189 Å². The summed E-state index contributed by atoms with van der Waals surface area (Å²) in [5.74, 6) is 1.84. The molecule has 0 fully saturated rings. The van der Waals surface area contributed by atoms with Crippen LogP contribution in [0.1, 0.15) is 31.0 Å². The molecule has 0 radical (unpaired) electrons. The fourth-order valence-corrected chi connectivity index (χ4v) is 3.71. The van der Waals surface area contributed by atoms with Gasteiger partial charge in [0.1, 0.15) is 0 Å². The largest absolute Gasteiger partial charge is 0.493 e. The molecule has 3 N–H and O–H groups in total. The number of hydrogen-bond donors (Lipinski definition) is 2. The first-order valence-electron chi connectivity index (χ1n) is 9.13. The van der Waals surface area contributed by atoms with E-state index in [0.717, 1.165) is 25.2 Å². The molecule has 28 heavy (non-hydrogen) atoms. The van der Waals surface area contributed by atoms with E-state index in [0.29, 0.717) is 24.0 Å². The lowest BCUT2D eigenvalue weighted by Gasteiger charge is -2.29. The smallest absolute Gasteiger partial charge is 0.188 e. The molecule has 0 aliphatic heterocycles. The number of aliphatic imine (C=N–C) groups is 1. The number of thiophene rings is 1. The Hall–Kier alpha value is -1.52. The number of methoxy groups -OCH3 is 2. The number of likely N-dealkylation sites (N-methyl/N-ethyl adjacent to an activating group) is 1. The number of nitrogens with one attached hydrogen (secondary N) is 1. The predicted molar refractivity (Wildman–Crippen MR) is 128 cm³/mol. The van der Waals surface area contributed by atoms with Crippen LogP contribution in [0, 0.1) is 0 Å². The van der Waals surface area contributed by atoms with Crippen molar-refractivity contribution in [2.75, 3.05) is 33.9 Å². The van der Waals surface area contributed by atoms with E-state index in [1.807, 2.05) is 18.2 Å². The maximum atomic E-state index is 6.10. The molecule has 1 atom stereocenters. The van der Waals surface area contributed by atoms with Crippen molar-refractivity contribution in [1.29, 1.82) is 0 Å². The molecular formula is C20H31IN4O2S. The summed E-state index contributed by atoms with van der Waals surface area (Å²) in [4.78, 5) is 6.87. The summed E-state index contributed by atoms with van der Waals surface area (Å²) in [6.45, 7) is 7.53. The molecule has 1 unspecified atom stereocenters. The van der Waals surface area contributed by atoms with Crippen LogP contribution in [-0.4, -0.2) is 44.7 Å². The molecule has 0 amide bonds. The number of hydrogen-bond acceptors (Lipinski definition) is 5. The van der Waals surface area contributed by atoms with E-state index in [1.165, 1.54) is 5.56 Å². The Balaban J connectivity index is 0.00000392. The Kier molecular flexibility index (Phi) is 11.2. The van der Waals surface area contributed by atoms with Crippen LogP contribution < -0.4 is 20.5 Å². The van der Waals surface area contributed by atoms with Gasteiger partial charge in [-0.05, 0) is 53.2 Å². The zero-order valence-corrected chi connectivity index (χ0v) is 20.1. The van der Waals surface area contributed by atoms with Gasteiger partial charge >= 0.3 is 0 Å². The first-order chi connectivity index (χ1) is 13.1. The highest BCUT2D eigenvalue weighted by Gasteiger charge is 2.18. The molecule has 1 heterocycles. The zero-order valence-electron chi connectivity index (χ0n) is 17.0. The fraction of sp³-hybridized carbons (Fsp3) is 0.450. The number of guanidine groups is 1. The molecule has 0 aliphatic rings. The monoisotopic (exact) mass is 518 g/mol. The quantitative estimate of drug-likeness (QED) is 0.284. The lowest BCUT2D eigenvalue weighted by molar-refractivity contribution is 0.219. The third-order valence-electron chi connectivity index (χ3n) is 4.54. The third-order valence-corrected chi connectivity index (χ3v) is 5.24. The van der Waals surface area contributed by atoms with Crippen molar-refractivity contribution in [1.82, 2.24) is 10.2 Å². The maximum Gasteiger partial charge on any atom is 0.188 e. The lowest BCUT2D eigenvalue weighted by Crippen LogP contribution is -2.40. The van der Waals surface area contributed by atoms with Crippen molar-refractivity contribution < 1.29 is 9.47 Å². The van der Waals surface area contributed by atoms with E-state index >= 15 is 0 Å². The standard InChI is InChI=1S/C20H30N4O2S.HI/c1-5-24(6-2)17(16-9-10-27-14-16)13-23-20(21)22-12-15-7-8-18(25-3)19(11-15)26-4;/h7-11,14,17H,5-6,12-13H2,1-4H3,(H3,21,22,23);1H. The number of nitrogens with two attached hydrogens (primary N) is 1. The highest BCUT2D eigenvalue weighted by molar-refractivity contribution is 14.0. The minimum Gasteiger partial charge on any atom is -0.493 e. The van der Waals surface area contributed by atoms with Gasteiger partial charge in [0.05, 0.1) is 26.8 Å².